The summed E-state index contributed by atoms with van der Waals surface area (Å²) in [6.07, 6.45) is 0. The molecule has 6 nitrogen and oxygen atoms in total. The number of carbonyl (C=O) groups excluding carboxylic acids is 1. The van der Waals surface area contributed by atoms with Gasteiger partial charge in [0.2, 0.25) is 5.91 Å². The van der Waals surface area contributed by atoms with Crippen molar-refractivity contribution in [2.75, 3.05) is 18.2 Å². The first-order chi connectivity index (χ1) is 16.0. The summed E-state index contributed by atoms with van der Waals surface area (Å²) in [5.74, 6) is 1.38. The largest absolute Gasteiger partial charge is 0.496 e. The van der Waals surface area contributed by atoms with Gasteiger partial charge in [-0.3, -0.25) is 9.36 Å². The Morgan fingerprint density at radius 3 is 2.55 bits per heavy atom. The molecule has 0 atom stereocenters. The van der Waals surface area contributed by atoms with Crippen molar-refractivity contribution in [2.24, 2.45) is 0 Å². The summed E-state index contributed by atoms with van der Waals surface area (Å²) in [5, 5.41) is 13.0. The zero-order chi connectivity index (χ0) is 23.4. The van der Waals surface area contributed by atoms with E-state index in [1.165, 1.54) is 11.8 Å². The van der Waals surface area contributed by atoms with E-state index in [9.17, 15) is 4.79 Å². The fourth-order valence-corrected chi connectivity index (χ4v) is 4.27. The molecule has 0 radical (unpaired) electrons. The second-order valence-electron chi connectivity index (χ2n) is 7.40. The number of benzene rings is 3. The lowest BCUT2D eigenvalue weighted by atomic mass is 10.1. The first-order valence-electron chi connectivity index (χ1n) is 10.3. The summed E-state index contributed by atoms with van der Waals surface area (Å²) in [5.41, 5.74) is 4.63. The van der Waals surface area contributed by atoms with E-state index in [0.717, 1.165) is 28.1 Å². The fourth-order valence-electron chi connectivity index (χ4n) is 3.39. The number of methoxy groups -OCH3 is 1. The maximum atomic E-state index is 12.7. The zero-order valence-corrected chi connectivity index (χ0v) is 20.1. The molecule has 4 aromatic rings. The van der Waals surface area contributed by atoms with Crippen molar-refractivity contribution in [3.63, 3.8) is 0 Å². The number of ether oxygens (including phenoxy) is 1. The number of hydrogen-bond acceptors (Lipinski definition) is 5. The number of nitrogens with zero attached hydrogens (tertiary/aromatic N) is 3. The third-order valence-corrected chi connectivity index (χ3v) is 6.46. The second-order valence-corrected chi connectivity index (χ2v) is 8.78. The molecule has 1 heterocycles. The number of carbonyl (C=O) groups is 1. The van der Waals surface area contributed by atoms with Crippen LogP contribution in [0, 0.1) is 13.8 Å². The van der Waals surface area contributed by atoms with Crippen molar-refractivity contribution < 1.29 is 9.53 Å². The molecule has 0 aliphatic heterocycles. The first-order valence-corrected chi connectivity index (χ1v) is 11.7. The van der Waals surface area contributed by atoms with Gasteiger partial charge in [0, 0.05) is 16.4 Å². The van der Waals surface area contributed by atoms with Crippen LogP contribution >= 0.6 is 23.4 Å². The van der Waals surface area contributed by atoms with Gasteiger partial charge in [-0.15, -0.1) is 10.2 Å². The summed E-state index contributed by atoms with van der Waals surface area (Å²) in [4.78, 5) is 12.7. The predicted molar refractivity (Wildman–Crippen MR) is 134 cm³/mol. The first kappa shape index (κ1) is 22.9. The van der Waals surface area contributed by atoms with Gasteiger partial charge in [0.25, 0.3) is 0 Å². The number of hydrogen-bond donors (Lipinski definition) is 1. The minimum Gasteiger partial charge on any atom is -0.496 e. The van der Waals surface area contributed by atoms with Crippen LogP contribution < -0.4 is 10.1 Å². The molecule has 33 heavy (non-hydrogen) atoms. The molecule has 0 fully saturated rings. The molecule has 3 aromatic carbocycles. The monoisotopic (exact) mass is 478 g/mol. The normalized spacial score (nSPS) is 10.8. The van der Waals surface area contributed by atoms with Crippen LogP contribution in [0.15, 0.2) is 71.9 Å². The fraction of sp³-hybridized carbons (Fsp3) is 0.160. The van der Waals surface area contributed by atoms with E-state index in [-0.39, 0.29) is 11.7 Å². The lowest BCUT2D eigenvalue weighted by Gasteiger charge is -2.13. The third-order valence-electron chi connectivity index (χ3n) is 5.28. The van der Waals surface area contributed by atoms with Gasteiger partial charge in [0.05, 0.1) is 18.4 Å². The van der Waals surface area contributed by atoms with E-state index < -0.39 is 0 Å². The number of thioether (sulfide) groups is 1. The van der Waals surface area contributed by atoms with E-state index in [2.05, 4.69) is 15.5 Å². The number of amides is 1. The zero-order valence-electron chi connectivity index (χ0n) is 18.5. The van der Waals surface area contributed by atoms with Crippen LogP contribution in [0.5, 0.6) is 5.75 Å². The van der Waals surface area contributed by atoms with Crippen LogP contribution in [0.25, 0.3) is 17.1 Å². The molecule has 0 spiro atoms. The molecule has 0 unspecified atom stereocenters. The predicted octanol–water partition coefficient (Wildman–Crippen LogP) is 5.94. The van der Waals surface area contributed by atoms with Gasteiger partial charge >= 0.3 is 0 Å². The quantitative estimate of drug-likeness (QED) is 0.333. The topological polar surface area (TPSA) is 69.0 Å². The van der Waals surface area contributed by atoms with E-state index in [1.54, 1.807) is 7.11 Å². The number of aromatic nitrogens is 3. The Kier molecular flexibility index (Phi) is 7.01. The Balaban J connectivity index is 1.64. The molecule has 0 saturated carbocycles. The molecule has 0 saturated heterocycles. The van der Waals surface area contributed by atoms with Crippen molar-refractivity contribution >= 4 is 35.0 Å². The smallest absolute Gasteiger partial charge is 0.234 e. The summed E-state index contributed by atoms with van der Waals surface area (Å²) in [7, 11) is 1.62. The van der Waals surface area contributed by atoms with Crippen LogP contribution in [0.3, 0.4) is 0 Å². The van der Waals surface area contributed by atoms with E-state index in [0.29, 0.717) is 21.8 Å². The molecule has 4 rings (SSSR count). The van der Waals surface area contributed by atoms with Crippen molar-refractivity contribution in [3.8, 4) is 22.8 Å². The average Bonchev–Trinajstić information content (AvgIpc) is 3.25. The summed E-state index contributed by atoms with van der Waals surface area (Å²) >= 11 is 7.42. The van der Waals surface area contributed by atoms with E-state index in [4.69, 9.17) is 16.3 Å². The lowest BCUT2D eigenvalue weighted by molar-refractivity contribution is -0.113. The highest BCUT2D eigenvalue weighted by Crippen LogP contribution is 2.33. The minimum absolute atomic E-state index is 0.113. The van der Waals surface area contributed by atoms with Gasteiger partial charge in [0.1, 0.15) is 5.75 Å². The van der Waals surface area contributed by atoms with Gasteiger partial charge in [-0.2, -0.15) is 0 Å². The Labute approximate surface area is 202 Å². The molecule has 1 N–H and O–H groups in total. The Bertz CT molecular complexity index is 1290. The van der Waals surface area contributed by atoms with Gasteiger partial charge in [-0.25, -0.2) is 0 Å². The highest BCUT2D eigenvalue weighted by Gasteiger charge is 2.20. The van der Waals surface area contributed by atoms with E-state index in [1.807, 2.05) is 85.1 Å². The second kappa shape index (κ2) is 10.1. The molecular weight excluding hydrogens is 456 g/mol. The number of para-hydroxylation sites is 1. The summed E-state index contributed by atoms with van der Waals surface area (Å²) in [6, 6.07) is 20.9. The SMILES string of the molecule is COc1ccccc1-c1nnc(SCC(=O)Nc2cccc(C)c2C)n1-c1ccc(Cl)cc1. The number of aryl methyl sites for hydroxylation is 1. The summed E-state index contributed by atoms with van der Waals surface area (Å²) < 4.78 is 7.44. The van der Waals surface area contributed by atoms with Crippen molar-refractivity contribution in [3.05, 3.63) is 82.9 Å². The molecule has 0 bridgehead atoms. The van der Waals surface area contributed by atoms with Crippen LogP contribution in [0.4, 0.5) is 5.69 Å². The van der Waals surface area contributed by atoms with Gasteiger partial charge < -0.3 is 10.1 Å². The standard InChI is InChI=1S/C25H23ClN4O2S/c1-16-7-6-9-21(17(16)2)27-23(31)15-33-25-29-28-24(20-8-4-5-10-22(20)32-3)30(25)19-13-11-18(26)12-14-19/h4-14H,15H2,1-3H3,(H,27,31). The van der Waals surface area contributed by atoms with Crippen molar-refractivity contribution in [2.45, 2.75) is 19.0 Å². The Morgan fingerprint density at radius 1 is 1.03 bits per heavy atom. The summed E-state index contributed by atoms with van der Waals surface area (Å²) in [6.45, 7) is 4.02. The Hall–Kier alpha value is -3.29. The third kappa shape index (κ3) is 5.05. The lowest BCUT2D eigenvalue weighted by Crippen LogP contribution is -2.15. The van der Waals surface area contributed by atoms with Gasteiger partial charge in [0.15, 0.2) is 11.0 Å². The molecule has 1 amide bonds. The molecule has 168 valence electrons. The molecular formula is C25H23ClN4O2S. The van der Waals surface area contributed by atoms with Gasteiger partial charge in [-0.05, 0) is 67.4 Å². The number of anilines is 1. The van der Waals surface area contributed by atoms with Crippen LogP contribution in [0.2, 0.25) is 5.02 Å². The number of rotatable bonds is 7. The number of nitrogens with one attached hydrogen (secondary N) is 1. The van der Waals surface area contributed by atoms with Crippen molar-refractivity contribution in [1.82, 2.24) is 14.8 Å². The van der Waals surface area contributed by atoms with Crippen LogP contribution in [-0.2, 0) is 4.79 Å². The molecule has 1 aromatic heterocycles. The minimum atomic E-state index is -0.113. The highest BCUT2D eigenvalue weighted by molar-refractivity contribution is 7.99. The number of halogens is 1. The molecule has 0 aliphatic carbocycles. The maximum Gasteiger partial charge on any atom is 0.234 e. The Morgan fingerprint density at radius 2 is 1.79 bits per heavy atom. The van der Waals surface area contributed by atoms with Crippen LogP contribution in [-0.4, -0.2) is 33.5 Å². The van der Waals surface area contributed by atoms with E-state index >= 15 is 0 Å². The van der Waals surface area contributed by atoms with Crippen molar-refractivity contribution in [1.29, 1.82) is 0 Å². The van der Waals surface area contributed by atoms with Crippen LogP contribution in [0.1, 0.15) is 11.1 Å². The average molecular weight is 479 g/mol. The van der Waals surface area contributed by atoms with Gasteiger partial charge in [-0.1, -0.05) is 47.6 Å². The highest BCUT2D eigenvalue weighted by atomic mass is 35.5. The molecule has 8 heteroatoms. The maximum absolute atomic E-state index is 12.7. The molecule has 0 aliphatic rings.